The molecule has 0 atom stereocenters. The lowest BCUT2D eigenvalue weighted by Gasteiger charge is -2.23. The number of thiophene rings is 1. The van der Waals surface area contributed by atoms with Crippen molar-refractivity contribution in [3.05, 3.63) is 52.2 Å². The average Bonchev–Trinajstić information content (AvgIpc) is 3.24. The van der Waals surface area contributed by atoms with E-state index in [4.69, 9.17) is 0 Å². The first-order valence-corrected chi connectivity index (χ1v) is 8.89. The third kappa shape index (κ3) is 4.94. The van der Waals surface area contributed by atoms with Gasteiger partial charge >= 0.3 is 0 Å². The monoisotopic (exact) mass is 470 g/mol. The summed E-state index contributed by atoms with van der Waals surface area (Å²) in [4.78, 5) is 21.5. The quantitative estimate of drug-likeness (QED) is 0.425. The molecule has 1 aliphatic heterocycles. The fourth-order valence-corrected chi connectivity index (χ4v) is 3.30. The van der Waals surface area contributed by atoms with E-state index < -0.39 is 0 Å². The van der Waals surface area contributed by atoms with Crippen molar-refractivity contribution in [1.29, 1.82) is 0 Å². The Balaban J connectivity index is 0.00000225. The Bertz CT molecular complexity index is 730. The Morgan fingerprint density at radius 2 is 2.08 bits per heavy atom. The molecule has 1 N–H and O–H groups in total. The van der Waals surface area contributed by atoms with Crippen molar-refractivity contribution in [2.24, 2.45) is 4.99 Å². The third-order valence-electron chi connectivity index (χ3n) is 4.01. The second-order valence-corrected chi connectivity index (χ2v) is 6.92. The normalized spacial score (nSPS) is 13.2. The molecule has 1 aromatic carbocycles. The third-order valence-corrected chi connectivity index (χ3v) is 4.88. The maximum absolute atomic E-state index is 11.9. The standard InChI is InChI=1S/C18H22N4OS.HI/c1-21(2)17(23)13-20-18(19-12-15-7-5-11-24-15)22-10-9-14-6-3-4-8-16(14)22;/h3-8,11H,9-10,12-13H2,1-2H3,(H,19,20);1H. The van der Waals surface area contributed by atoms with E-state index in [1.54, 1.807) is 30.3 Å². The molecule has 0 radical (unpaired) electrons. The zero-order chi connectivity index (χ0) is 16.9. The van der Waals surface area contributed by atoms with Gasteiger partial charge in [-0.2, -0.15) is 0 Å². The van der Waals surface area contributed by atoms with Crippen molar-refractivity contribution in [3.8, 4) is 0 Å². The summed E-state index contributed by atoms with van der Waals surface area (Å²) in [7, 11) is 3.50. The van der Waals surface area contributed by atoms with Crippen LogP contribution in [0.25, 0.3) is 0 Å². The molecular weight excluding hydrogens is 447 g/mol. The van der Waals surface area contributed by atoms with Gasteiger partial charge in [-0.05, 0) is 29.5 Å². The molecule has 5 nitrogen and oxygen atoms in total. The molecule has 0 saturated carbocycles. The van der Waals surface area contributed by atoms with Gasteiger partial charge in [-0.15, -0.1) is 35.3 Å². The molecule has 1 aromatic heterocycles. The topological polar surface area (TPSA) is 47.9 Å². The zero-order valence-corrected chi connectivity index (χ0v) is 17.6. The van der Waals surface area contributed by atoms with Gasteiger partial charge in [0.1, 0.15) is 6.54 Å². The van der Waals surface area contributed by atoms with E-state index in [0.29, 0.717) is 6.54 Å². The van der Waals surface area contributed by atoms with Gasteiger partial charge in [0.2, 0.25) is 5.91 Å². The Morgan fingerprint density at radius 1 is 1.28 bits per heavy atom. The first-order chi connectivity index (χ1) is 11.6. The minimum atomic E-state index is -0.00194. The molecule has 7 heteroatoms. The molecule has 3 rings (SSSR count). The van der Waals surface area contributed by atoms with Crippen LogP contribution in [0.15, 0.2) is 46.8 Å². The lowest BCUT2D eigenvalue weighted by atomic mass is 10.2. The van der Waals surface area contributed by atoms with Crippen molar-refractivity contribution in [2.45, 2.75) is 13.0 Å². The lowest BCUT2D eigenvalue weighted by Crippen LogP contribution is -2.41. The Hall–Kier alpha value is -1.61. The molecule has 2 aromatic rings. The number of fused-ring (bicyclic) bond motifs is 1. The summed E-state index contributed by atoms with van der Waals surface area (Å²) in [6.45, 7) is 1.75. The fourth-order valence-electron chi connectivity index (χ4n) is 2.66. The number of nitrogens with one attached hydrogen (secondary N) is 1. The minimum absolute atomic E-state index is 0. The summed E-state index contributed by atoms with van der Waals surface area (Å²) in [5.74, 6) is 0.765. The highest BCUT2D eigenvalue weighted by Gasteiger charge is 2.23. The number of rotatable bonds is 4. The highest BCUT2D eigenvalue weighted by atomic mass is 127. The van der Waals surface area contributed by atoms with Crippen molar-refractivity contribution < 1.29 is 4.79 Å². The molecule has 0 spiro atoms. The van der Waals surface area contributed by atoms with Gasteiger partial charge < -0.3 is 15.1 Å². The van der Waals surface area contributed by atoms with Gasteiger partial charge in [0.05, 0.1) is 6.54 Å². The Kier molecular flexibility index (Phi) is 7.24. The van der Waals surface area contributed by atoms with Crippen LogP contribution in [-0.2, 0) is 17.8 Å². The predicted molar refractivity (Wildman–Crippen MR) is 115 cm³/mol. The van der Waals surface area contributed by atoms with Crippen LogP contribution in [0.5, 0.6) is 0 Å². The van der Waals surface area contributed by atoms with Crippen molar-refractivity contribution >= 4 is 52.9 Å². The largest absolute Gasteiger partial charge is 0.351 e. The van der Waals surface area contributed by atoms with Crippen LogP contribution in [0.4, 0.5) is 5.69 Å². The van der Waals surface area contributed by atoms with Gasteiger partial charge in [-0.25, -0.2) is 4.99 Å². The number of amides is 1. The summed E-state index contributed by atoms with van der Waals surface area (Å²) >= 11 is 1.71. The van der Waals surface area contributed by atoms with E-state index in [9.17, 15) is 4.79 Å². The number of guanidine groups is 1. The van der Waals surface area contributed by atoms with E-state index >= 15 is 0 Å². The number of carbonyl (C=O) groups is 1. The number of benzene rings is 1. The van der Waals surface area contributed by atoms with Gasteiger partial charge in [0, 0.05) is 31.2 Å². The molecule has 0 fully saturated rings. The van der Waals surface area contributed by atoms with Crippen molar-refractivity contribution in [3.63, 3.8) is 0 Å². The van der Waals surface area contributed by atoms with Crippen molar-refractivity contribution in [2.75, 3.05) is 32.1 Å². The number of carbonyl (C=O) groups excluding carboxylic acids is 1. The molecule has 0 aliphatic carbocycles. The number of likely N-dealkylation sites (N-methyl/N-ethyl adjacent to an activating group) is 1. The van der Waals surface area contributed by atoms with E-state index in [-0.39, 0.29) is 36.4 Å². The fraction of sp³-hybridized carbons (Fsp3) is 0.333. The van der Waals surface area contributed by atoms with Gasteiger partial charge in [-0.1, -0.05) is 24.3 Å². The maximum atomic E-state index is 11.9. The van der Waals surface area contributed by atoms with Crippen LogP contribution in [-0.4, -0.2) is 44.0 Å². The number of nitrogens with zero attached hydrogens (tertiary/aromatic N) is 3. The van der Waals surface area contributed by atoms with Gasteiger partial charge in [0.25, 0.3) is 0 Å². The Labute approximate surface area is 169 Å². The summed E-state index contributed by atoms with van der Waals surface area (Å²) < 4.78 is 0. The summed E-state index contributed by atoms with van der Waals surface area (Å²) in [5.41, 5.74) is 2.49. The van der Waals surface area contributed by atoms with Crippen LogP contribution in [0, 0.1) is 0 Å². The molecule has 25 heavy (non-hydrogen) atoms. The average molecular weight is 470 g/mol. The summed E-state index contributed by atoms with van der Waals surface area (Å²) in [6.07, 6.45) is 0.998. The van der Waals surface area contributed by atoms with Crippen LogP contribution in [0.2, 0.25) is 0 Å². The second kappa shape index (κ2) is 9.19. The second-order valence-electron chi connectivity index (χ2n) is 5.89. The van der Waals surface area contributed by atoms with Crippen molar-refractivity contribution in [1.82, 2.24) is 10.2 Å². The Morgan fingerprint density at radius 3 is 2.80 bits per heavy atom. The summed E-state index contributed by atoms with van der Waals surface area (Å²) in [5, 5.41) is 5.48. The molecule has 1 amide bonds. The van der Waals surface area contributed by atoms with E-state index in [1.165, 1.54) is 16.1 Å². The highest BCUT2D eigenvalue weighted by molar-refractivity contribution is 14.0. The minimum Gasteiger partial charge on any atom is -0.351 e. The number of aliphatic imine (C=N–C) groups is 1. The molecule has 0 bridgehead atoms. The lowest BCUT2D eigenvalue weighted by molar-refractivity contribution is -0.127. The number of hydrogen-bond donors (Lipinski definition) is 1. The van der Waals surface area contributed by atoms with Crippen LogP contribution >= 0.6 is 35.3 Å². The van der Waals surface area contributed by atoms with E-state index in [2.05, 4.69) is 44.9 Å². The number of halogens is 1. The smallest absolute Gasteiger partial charge is 0.243 e. The van der Waals surface area contributed by atoms with Crippen LogP contribution < -0.4 is 10.2 Å². The van der Waals surface area contributed by atoms with Crippen LogP contribution in [0.3, 0.4) is 0 Å². The number of hydrogen-bond acceptors (Lipinski definition) is 3. The van der Waals surface area contributed by atoms with Gasteiger partial charge in [-0.3, -0.25) is 4.79 Å². The van der Waals surface area contributed by atoms with Crippen LogP contribution in [0.1, 0.15) is 10.4 Å². The zero-order valence-electron chi connectivity index (χ0n) is 14.4. The van der Waals surface area contributed by atoms with E-state index in [1.807, 2.05) is 12.1 Å². The highest BCUT2D eigenvalue weighted by Crippen LogP contribution is 2.27. The SMILES string of the molecule is CN(C)C(=O)CN=C(NCc1cccs1)N1CCc2ccccc21.I. The molecule has 0 unspecified atom stereocenters. The maximum Gasteiger partial charge on any atom is 0.243 e. The molecular formula is C18H23IN4OS. The summed E-state index contributed by atoms with van der Waals surface area (Å²) in [6, 6.07) is 12.5. The number of para-hydroxylation sites is 1. The van der Waals surface area contributed by atoms with E-state index in [0.717, 1.165) is 18.9 Å². The molecule has 2 heterocycles. The van der Waals surface area contributed by atoms with Gasteiger partial charge in [0.15, 0.2) is 5.96 Å². The molecule has 1 aliphatic rings. The first-order valence-electron chi connectivity index (χ1n) is 8.01. The molecule has 134 valence electrons. The first kappa shape index (κ1) is 19.7. The predicted octanol–water partition coefficient (Wildman–Crippen LogP) is 2.96. The number of anilines is 1. The molecule has 0 saturated heterocycles.